The first-order chi connectivity index (χ1) is 8.25. The summed E-state index contributed by atoms with van der Waals surface area (Å²) in [4.78, 5) is 14.6. The fourth-order valence-corrected chi connectivity index (χ4v) is 1.53. The highest BCUT2D eigenvalue weighted by atomic mass is 15.2. The van der Waals surface area contributed by atoms with Crippen LogP contribution in [0.2, 0.25) is 0 Å². The molecule has 0 unspecified atom stereocenters. The van der Waals surface area contributed by atoms with E-state index < -0.39 is 0 Å². The topological polar surface area (TPSA) is 41.9 Å². The number of likely N-dealkylation sites (N-methyl/N-ethyl adjacent to an activating group) is 1. The summed E-state index contributed by atoms with van der Waals surface area (Å²) in [5, 5.41) is 0. The molecule has 2 rings (SSSR count). The van der Waals surface area contributed by atoms with Crippen molar-refractivity contribution >= 4 is 5.95 Å². The molecule has 0 atom stereocenters. The normalized spacial score (nSPS) is 10.2. The number of aryl methyl sites for hydroxylation is 1. The summed E-state index contributed by atoms with van der Waals surface area (Å²) >= 11 is 0. The maximum atomic E-state index is 4.29. The van der Waals surface area contributed by atoms with Crippen LogP contribution < -0.4 is 4.90 Å². The van der Waals surface area contributed by atoms with Gasteiger partial charge in [-0.3, -0.25) is 4.98 Å². The van der Waals surface area contributed by atoms with Gasteiger partial charge in [0.05, 0.1) is 0 Å². The Hall–Kier alpha value is -1.97. The molecule has 0 radical (unpaired) electrons. The van der Waals surface area contributed by atoms with Crippen LogP contribution in [0.15, 0.2) is 36.9 Å². The fraction of sp³-hybridized carbons (Fsp3) is 0.308. The molecule has 0 aliphatic carbocycles. The molecule has 0 aliphatic rings. The van der Waals surface area contributed by atoms with Crippen molar-refractivity contribution in [3.63, 3.8) is 0 Å². The Balaban J connectivity index is 1.93. The van der Waals surface area contributed by atoms with Gasteiger partial charge in [-0.1, -0.05) is 0 Å². The molecule has 0 amide bonds. The van der Waals surface area contributed by atoms with E-state index in [-0.39, 0.29) is 0 Å². The maximum absolute atomic E-state index is 4.29. The largest absolute Gasteiger partial charge is 0.344 e. The summed E-state index contributed by atoms with van der Waals surface area (Å²) in [6.45, 7) is 2.88. The van der Waals surface area contributed by atoms with E-state index >= 15 is 0 Å². The minimum atomic E-state index is 0.768. The van der Waals surface area contributed by atoms with Gasteiger partial charge in [-0.25, -0.2) is 9.97 Å². The Bertz CT molecular complexity index is 453. The van der Waals surface area contributed by atoms with Crippen LogP contribution in [0.4, 0.5) is 5.95 Å². The van der Waals surface area contributed by atoms with E-state index in [1.54, 1.807) is 0 Å². The van der Waals surface area contributed by atoms with Gasteiger partial charge in [0, 0.05) is 38.4 Å². The zero-order valence-electron chi connectivity index (χ0n) is 10.2. The van der Waals surface area contributed by atoms with E-state index in [0.29, 0.717) is 0 Å². The Morgan fingerprint density at radius 2 is 1.76 bits per heavy atom. The lowest BCUT2D eigenvalue weighted by atomic mass is 10.2. The number of anilines is 1. The predicted octanol–water partition coefficient (Wildman–Crippen LogP) is 1.86. The molecule has 2 aromatic heterocycles. The van der Waals surface area contributed by atoms with E-state index in [1.807, 2.05) is 50.9 Å². The van der Waals surface area contributed by atoms with Crippen LogP contribution in [0, 0.1) is 6.92 Å². The number of aromatic nitrogens is 3. The summed E-state index contributed by atoms with van der Waals surface area (Å²) < 4.78 is 0. The lowest BCUT2D eigenvalue weighted by molar-refractivity contribution is 0.834. The number of rotatable bonds is 4. The van der Waals surface area contributed by atoms with E-state index in [0.717, 1.165) is 24.5 Å². The zero-order chi connectivity index (χ0) is 12.1. The molecule has 2 aromatic rings. The third-order valence-corrected chi connectivity index (χ3v) is 2.59. The van der Waals surface area contributed by atoms with Crippen LogP contribution in [-0.2, 0) is 6.42 Å². The van der Waals surface area contributed by atoms with Crippen LogP contribution in [0.3, 0.4) is 0 Å². The lowest BCUT2D eigenvalue weighted by Crippen LogP contribution is -2.22. The van der Waals surface area contributed by atoms with Crippen molar-refractivity contribution in [3.8, 4) is 0 Å². The number of nitrogens with zero attached hydrogens (tertiary/aromatic N) is 4. The monoisotopic (exact) mass is 228 g/mol. The number of hydrogen-bond donors (Lipinski definition) is 0. The molecular formula is C13H16N4. The lowest BCUT2D eigenvalue weighted by Gasteiger charge is -2.16. The first kappa shape index (κ1) is 11.5. The van der Waals surface area contributed by atoms with Crippen molar-refractivity contribution in [2.45, 2.75) is 13.3 Å². The van der Waals surface area contributed by atoms with Gasteiger partial charge >= 0.3 is 0 Å². The molecule has 4 nitrogen and oxygen atoms in total. The molecule has 17 heavy (non-hydrogen) atoms. The van der Waals surface area contributed by atoms with Crippen molar-refractivity contribution in [1.29, 1.82) is 0 Å². The van der Waals surface area contributed by atoms with Gasteiger partial charge in [0.25, 0.3) is 0 Å². The van der Waals surface area contributed by atoms with Gasteiger partial charge in [-0.15, -0.1) is 0 Å². The molecular weight excluding hydrogens is 212 g/mol. The SMILES string of the molecule is Cc1cnc(N(C)CCc2ccncc2)nc1. The van der Waals surface area contributed by atoms with E-state index in [2.05, 4.69) is 19.9 Å². The van der Waals surface area contributed by atoms with Crippen LogP contribution >= 0.6 is 0 Å². The minimum absolute atomic E-state index is 0.768. The molecule has 88 valence electrons. The average molecular weight is 228 g/mol. The smallest absolute Gasteiger partial charge is 0.225 e. The minimum Gasteiger partial charge on any atom is -0.344 e. The third-order valence-electron chi connectivity index (χ3n) is 2.59. The van der Waals surface area contributed by atoms with Gasteiger partial charge in [0.2, 0.25) is 5.95 Å². The molecule has 0 aromatic carbocycles. The highest BCUT2D eigenvalue weighted by Gasteiger charge is 2.03. The van der Waals surface area contributed by atoms with Crippen LogP contribution in [0.5, 0.6) is 0 Å². The fourth-order valence-electron chi connectivity index (χ4n) is 1.53. The van der Waals surface area contributed by atoms with E-state index in [9.17, 15) is 0 Å². The summed E-state index contributed by atoms with van der Waals surface area (Å²) in [6, 6.07) is 4.06. The summed E-state index contributed by atoms with van der Waals surface area (Å²) in [5.74, 6) is 0.768. The molecule has 0 N–H and O–H groups in total. The van der Waals surface area contributed by atoms with Crippen molar-refractivity contribution < 1.29 is 0 Å². The van der Waals surface area contributed by atoms with Crippen molar-refractivity contribution in [3.05, 3.63) is 48.0 Å². The van der Waals surface area contributed by atoms with Gasteiger partial charge < -0.3 is 4.90 Å². The molecule has 0 bridgehead atoms. The highest BCUT2D eigenvalue weighted by Crippen LogP contribution is 2.06. The Morgan fingerprint density at radius 3 is 2.41 bits per heavy atom. The second-order valence-corrected chi connectivity index (χ2v) is 4.09. The number of hydrogen-bond acceptors (Lipinski definition) is 4. The predicted molar refractivity (Wildman–Crippen MR) is 68.0 cm³/mol. The molecule has 0 fully saturated rings. The van der Waals surface area contributed by atoms with E-state index in [1.165, 1.54) is 5.56 Å². The highest BCUT2D eigenvalue weighted by molar-refractivity contribution is 5.28. The van der Waals surface area contributed by atoms with Crippen LogP contribution in [0.25, 0.3) is 0 Å². The molecule has 2 heterocycles. The maximum Gasteiger partial charge on any atom is 0.225 e. The van der Waals surface area contributed by atoms with Crippen LogP contribution in [-0.4, -0.2) is 28.5 Å². The van der Waals surface area contributed by atoms with Crippen molar-refractivity contribution in [1.82, 2.24) is 15.0 Å². The zero-order valence-corrected chi connectivity index (χ0v) is 10.2. The number of pyridine rings is 1. The molecule has 0 saturated carbocycles. The summed E-state index contributed by atoms with van der Waals surface area (Å²) in [7, 11) is 2.01. The third kappa shape index (κ3) is 3.24. The van der Waals surface area contributed by atoms with Gasteiger partial charge in [0.15, 0.2) is 0 Å². The van der Waals surface area contributed by atoms with Gasteiger partial charge in [-0.2, -0.15) is 0 Å². The molecule has 0 saturated heterocycles. The average Bonchev–Trinajstić information content (AvgIpc) is 2.38. The van der Waals surface area contributed by atoms with Crippen LogP contribution in [0.1, 0.15) is 11.1 Å². The van der Waals surface area contributed by atoms with Crippen molar-refractivity contribution in [2.75, 3.05) is 18.5 Å². The van der Waals surface area contributed by atoms with Gasteiger partial charge in [-0.05, 0) is 36.6 Å². The summed E-state index contributed by atoms with van der Waals surface area (Å²) in [5.41, 5.74) is 2.36. The summed E-state index contributed by atoms with van der Waals surface area (Å²) in [6.07, 6.45) is 8.28. The second-order valence-electron chi connectivity index (χ2n) is 4.09. The molecule has 0 spiro atoms. The second kappa shape index (κ2) is 5.39. The molecule has 0 aliphatic heterocycles. The first-order valence-corrected chi connectivity index (χ1v) is 5.64. The Labute approximate surface area is 101 Å². The quantitative estimate of drug-likeness (QED) is 0.801. The standard InChI is InChI=1S/C13H16N4/c1-11-9-15-13(16-10-11)17(2)8-5-12-3-6-14-7-4-12/h3-4,6-7,9-10H,5,8H2,1-2H3. The van der Waals surface area contributed by atoms with Crippen molar-refractivity contribution in [2.24, 2.45) is 0 Å². The van der Waals surface area contributed by atoms with Gasteiger partial charge in [0.1, 0.15) is 0 Å². The Morgan fingerprint density at radius 1 is 1.12 bits per heavy atom. The first-order valence-electron chi connectivity index (χ1n) is 5.64. The molecule has 4 heteroatoms. The Kier molecular flexibility index (Phi) is 3.65. The van der Waals surface area contributed by atoms with E-state index in [4.69, 9.17) is 0 Å².